The van der Waals surface area contributed by atoms with Gasteiger partial charge in [-0.2, -0.15) is 0 Å². The molecule has 67 valence electrons. The van der Waals surface area contributed by atoms with Crippen LogP contribution in [0.3, 0.4) is 0 Å². The van der Waals surface area contributed by atoms with Crippen LogP contribution in [0.4, 0.5) is 0 Å². The van der Waals surface area contributed by atoms with Crippen molar-refractivity contribution < 1.29 is 0 Å². The summed E-state index contributed by atoms with van der Waals surface area (Å²) in [6, 6.07) is 0. The molecule has 0 aliphatic carbocycles. The molecular formula is C9H20NS. The van der Waals surface area contributed by atoms with Gasteiger partial charge in [0, 0.05) is 5.75 Å². The van der Waals surface area contributed by atoms with Crippen LogP contribution in [-0.2, 0) is 0 Å². The van der Waals surface area contributed by atoms with E-state index in [9.17, 15) is 0 Å². The number of nitrogens with zero attached hydrogens (tertiary/aromatic N) is 1. The molecule has 0 saturated heterocycles. The van der Waals surface area contributed by atoms with Crippen molar-refractivity contribution in [2.75, 3.05) is 25.4 Å². The molecule has 0 fully saturated rings. The molecule has 2 heteroatoms. The van der Waals surface area contributed by atoms with Crippen LogP contribution in [0, 0.1) is 0 Å². The summed E-state index contributed by atoms with van der Waals surface area (Å²) in [5.74, 6) is 0.907. The van der Waals surface area contributed by atoms with Gasteiger partial charge in [0.1, 0.15) is 0 Å². The Kier molecular flexibility index (Phi) is 8.64. The van der Waals surface area contributed by atoms with E-state index in [1.54, 1.807) is 0 Å². The summed E-state index contributed by atoms with van der Waals surface area (Å²) in [7, 11) is 0. The third-order valence-electron chi connectivity index (χ3n) is 1.70. The van der Waals surface area contributed by atoms with Crippen LogP contribution < -0.4 is 0 Å². The van der Waals surface area contributed by atoms with Crippen molar-refractivity contribution in [2.24, 2.45) is 0 Å². The van der Waals surface area contributed by atoms with Crippen molar-refractivity contribution in [1.82, 2.24) is 4.90 Å². The Hall–Kier alpha value is 0.310. The Morgan fingerprint density at radius 3 is 1.91 bits per heavy atom. The van der Waals surface area contributed by atoms with E-state index >= 15 is 0 Å². The fourth-order valence-corrected chi connectivity index (χ4v) is 1.39. The Bertz CT molecular complexity index is 70.0. The van der Waals surface area contributed by atoms with Crippen LogP contribution in [0.25, 0.3) is 0 Å². The Morgan fingerprint density at radius 2 is 1.55 bits per heavy atom. The number of hydrogen-bond donors (Lipinski definition) is 0. The van der Waals surface area contributed by atoms with Crippen LogP contribution in [0.1, 0.15) is 33.1 Å². The van der Waals surface area contributed by atoms with Crippen LogP contribution >= 0.6 is 12.6 Å². The number of hydrogen-bond acceptors (Lipinski definition) is 1. The molecule has 1 nitrogen and oxygen atoms in total. The second kappa shape index (κ2) is 8.41. The van der Waals surface area contributed by atoms with Crippen molar-refractivity contribution in [1.29, 1.82) is 0 Å². The minimum absolute atomic E-state index is 0.907. The van der Waals surface area contributed by atoms with Gasteiger partial charge < -0.3 is 4.90 Å². The van der Waals surface area contributed by atoms with E-state index in [0.717, 1.165) is 5.75 Å². The summed E-state index contributed by atoms with van der Waals surface area (Å²) in [6.45, 7) is 8.14. The summed E-state index contributed by atoms with van der Waals surface area (Å²) in [4.78, 5) is 2.51. The van der Waals surface area contributed by atoms with E-state index in [1.807, 2.05) is 0 Å². The average molecular weight is 174 g/mol. The van der Waals surface area contributed by atoms with Gasteiger partial charge in [-0.1, -0.05) is 26.5 Å². The second-order valence-corrected chi connectivity index (χ2v) is 3.31. The fraction of sp³-hybridized carbons (Fsp3) is 1.00. The maximum absolute atomic E-state index is 4.91. The highest BCUT2D eigenvalue weighted by Gasteiger charge is 1.99. The average Bonchev–Trinajstić information content (AvgIpc) is 2.01. The lowest BCUT2D eigenvalue weighted by atomic mass is 10.3. The van der Waals surface area contributed by atoms with E-state index in [2.05, 4.69) is 18.7 Å². The smallest absolute Gasteiger partial charge is 0.00491 e. The Balaban J connectivity index is 3.34. The highest BCUT2D eigenvalue weighted by atomic mass is 32.1. The summed E-state index contributed by atoms with van der Waals surface area (Å²) in [5, 5.41) is 0. The minimum Gasteiger partial charge on any atom is -0.303 e. The molecule has 0 saturated carbocycles. The first-order valence-corrected chi connectivity index (χ1v) is 5.23. The monoisotopic (exact) mass is 174 g/mol. The van der Waals surface area contributed by atoms with E-state index in [4.69, 9.17) is 12.6 Å². The van der Waals surface area contributed by atoms with Crippen LogP contribution in [0.15, 0.2) is 0 Å². The van der Waals surface area contributed by atoms with E-state index < -0.39 is 0 Å². The molecule has 0 unspecified atom stereocenters. The van der Waals surface area contributed by atoms with Gasteiger partial charge in [0.25, 0.3) is 0 Å². The standard InChI is InChI=1S/C9H20NS/c1-3-6-10(7-4-2)8-5-9-11/h3-9H2,1-2H3. The molecule has 0 aromatic heterocycles. The first kappa shape index (κ1) is 11.3. The molecule has 0 spiro atoms. The van der Waals surface area contributed by atoms with E-state index in [-0.39, 0.29) is 0 Å². The van der Waals surface area contributed by atoms with Crippen molar-refractivity contribution in [3.8, 4) is 0 Å². The zero-order valence-electron chi connectivity index (χ0n) is 7.81. The third kappa shape index (κ3) is 6.70. The molecule has 0 atom stereocenters. The maximum Gasteiger partial charge on any atom is 0.00491 e. The van der Waals surface area contributed by atoms with Gasteiger partial charge in [-0.25, -0.2) is 0 Å². The Morgan fingerprint density at radius 1 is 1.00 bits per heavy atom. The molecule has 0 amide bonds. The normalized spacial score (nSPS) is 10.9. The molecule has 0 bridgehead atoms. The van der Waals surface area contributed by atoms with Crippen molar-refractivity contribution >= 4 is 12.6 Å². The molecule has 0 rings (SSSR count). The lowest BCUT2D eigenvalue weighted by molar-refractivity contribution is 0.276. The lowest BCUT2D eigenvalue weighted by Gasteiger charge is -2.19. The van der Waals surface area contributed by atoms with Crippen molar-refractivity contribution in [2.45, 2.75) is 33.1 Å². The molecule has 0 aromatic rings. The predicted octanol–water partition coefficient (Wildman–Crippen LogP) is 2.70. The first-order chi connectivity index (χ1) is 5.35. The summed E-state index contributed by atoms with van der Waals surface area (Å²) >= 11 is 4.91. The zero-order valence-corrected chi connectivity index (χ0v) is 8.62. The SMILES string of the molecule is CCCN(CCC)CCC[S]. The first-order valence-electron chi connectivity index (χ1n) is 4.65. The molecular weight excluding hydrogens is 154 g/mol. The highest BCUT2D eigenvalue weighted by molar-refractivity contribution is 7.80. The zero-order chi connectivity index (χ0) is 8.53. The van der Waals surface area contributed by atoms with Gasteiger partial charge in [0.15, 0.2) is 0 Å². The Labute approximate surface area is 76.6 Å². The quantitative estimate of drug-likeness (QED) is 0.573. The van der Waals surface area contributed by atoms with Crippen molar-refractivity contribution in [3.63, 3.8) is 0 Å². The lowest BCUT2D eigenvalue weighted by Crippen LogP contribution is -2.26. The summed E-state index contributed by atoms with van der Waals surface area (Å²) in [6.07, 6.45) is 3.70. The molecule has 0 N–H and O–H groups in total. The third-order valence-corrected chi connectivity index (χ3v) is 1.99. The molecule has 1 radical (unpaired) electrons. The van der Waals surface area contributed by atoms with E-state index in [1.165, 1.54) is 38.9 Å². The maximum atomic E-state index is 4.91. The second-order valence-electron chi connectivity index (χ2n) is 2.90. The van der Waals surface area contributed by atoms with Crippen LogP contribution in [0.2, 0.25) is 0 Å². The van der Waals surface area contributed by atoms with Crippen LogP contribution in [0.5, 0.6) is 0 Å². The number of rotatable bonds is 7. The fourth-order valence-electron chi connectivity index (χ4n) is 1.26. The predicted molar refractivity (Wildman–Crippen MR) is 54.1 cm³/mol. The van der Waals surface area contributed by atoms with Gasteiger partial charge >= 0.3 is 0 Å². The molecule has 0 aliphatic heterocycles. The molecule has 0 aromatic carbocycles. The molecule has 0 aliphatic rings. The van der Waals surface area contributed by atoms with Crippen LogP contribution in [-0.4, -0.2) is 30.3 Å². The van der Waals surface area contributed by atoms with Gasteiger partial charge in [0.2, 0.25) is 0 Å². The molecule has 11 heavy (non-hydrogen) atoms. The van der Waals surface area contributed by atoms with Crippen molar-refractivity contribution in [3.05, 3.63) is 0 Å². The minimum atomic E-state index is 0.907. The summed E-state index contributed by atoms with van der Waals surface area (Å²) < 4.78 is 0. The van der Waals surface area contributed by atoms with E-state index in [0.29, 0.717) is 0 Å². The molecule has 0 heterocycles. The van der Waals surface area contributed by atoms with Gasteiger partial charge in [-0.05, 0) is 38.9 Å². The summed E-state index contributed by atoms with van der Waals surface area (Å²) in [5.41, 5.74) is 0. The largest absolute Gasteiger partial charge is 0.303 e. The van der Waals surface area contributed by atoms with Gasteiger partial charge in [0.05, 0.1) is 0 Å². The van der Waals surface area contributed by atoms with Gasteiger partial charge in [-0.15, -0.1) is 0 Å². The highest BCUT2D eigenvalue weighted by Crippen LogP contribution is 1.96. The van der Waals surface area contributed by atoms with Gasteiger partial charge in [-0.3, -0.25) is 0 Å². The topological polar surface area (TPSA) is 3.24 Å².